The first-order chi connectivity index (χ1) is 12.9. The molecule has 1 aliphatic heterocycles. The highest BCUT2D eigenvalue weighted by atomic mass is 32.2. The van der Waals surface area contributed by atoms with Gasteiger partial charge < -0.3 is 10.1 Å². The topological polar surface area (TPSA) is 114 Å². The van der Waals surface area contributed by atoms with Crippen molar-refractivity contribution in [2.45, 2.75) is 32.2 Å². The van der Waals surface area contributed by atoms with Gasteiger partial charge in [-0.15, -0.1) is 0 Å². The number of benzene rings is 1. The van der Waals surface area contributed by atoms with Crippen molar-refractivity contribution in [2.24, 2.45) is 0 Å². The van der Waals surface area contributed by atoms with E-state index < -0.39 is 32.6 Å². The Hall–Kier alpha value is -1.96. The molecular weight excluding hydrogens is 405 g/mol. The fourth-order valence-electron chi connectivity index (χ4n) is 2.80. The maximum absolute atomic E-state index is 12.7. The summed E-state index contributed by atoms with van der Waals surface area (Å²) in [5, 5.41) is 13.6. The molecule has 9 nitrogen and oxygen atoms in total. The van der Waals surface area contributed by atoms with Crippen LogP contribution < -0.4 is 10.0 Å². The van der Waals surface area contributed by atoms with Crippen molar-refractivity contribution in [2.75, 3.05) is 31.5 Å². The summed E-state index contributed by atoms with van der Waals surface area (Å²) in [7, 11) is -3.78. The van der Waals surface area contributed by atoms with E-state index in [1.807, 2.05) is 0 Å². The first-order valence-corrected chi connectivity index (χ1v) is 9.84. The maximum atomic E-state index is 12.7. The highest BCUT2D eigenvalue weighted by Crippen LogP contribution is 2.34. The summed E-state index contributed by atoms with van der Waals surface area (Å²) < 4.78 is 71.8. The molecule has 0 unspecified atom stereocenters. The first kappa shape index (κ1) is 22.3. The first-order valence-electron chi connectivity index (χ1n) is 8.40. The van der Waals surface area contributed by atoms with Gasteiger partial charge in [-0.3, -0.25) is 10.1 Å². The molecule has 1 fully saturated rings. The van der Waals surface area contributed by atoms with E-state index in [4.69, 9.17) is 4.74 Å². The van der Waals surface area contributed by atoms with E-state index in [2.05, 4.69) is 10.0 Å². The fraction of sp³-hybridized carbons (Fsp3) is 0.600. The van der Waals surface area contributed by atoms with Crippen LogP contribution in [-0.4, -0.2) is 56.0 Å². The normalized spacial score (nSPS) is 21.5. The van der Waals surface area contributed by atoms with Crippen molar-refractivity contribution in [3.05, 3.63) is 33.9 Å². The fourth-order valence-corrected chi connectivity index (χ4v) is 4.16. The van der Waals surface area contributed by atoms with Gasteiger partial charge in [0.1, 0.15) is 5.69 Å². The third kappa shape index (κ3) is 5.77. The predicted octanol–water partition coefficient (Wildman–Crippen LogP) is 1.97. The smallest absolute Gasteiger partial charge is 0.378 e. The van der Waals surface area contributed by atoms with Crippen LogP contribution in [0.5, 0.6) is 0 Å². The summed E-state index contributed by atoms with van der Waals surface area (Å²) in [4.78, 5) is 10.1. The van der Waals surface area contributed by atoms with E-state index in [1.165, 1.54) is 4.31 Å². The third-order valence-corrected chi connectivity index (χ3v) is 5.52. The van der Waals surface area contributed by atoms with Crippen LogP contribution in [0, 0.1) is 10.1 Å². The Morgan fingerprint density at radius 1 is 1.25 bits per heavy atom. The minimum Gasteiger partial charge on any atom is -0.378 e. The second-order valence-electron chi connectivity index (χ2n) is 6.39. The number of nitrogens with one attached hydrogen (secondary N) is 2. The van der Waals surface area contributed by atoms with Crippen molar-refractivity contribution < 1.29 is 31.2 Å². The predicted molar refractivity (Wildman–Crippen MR) is 95.1 cm³/mol. The highest BCUT2D eigenvalue weighted by molar-refractivity contribution is 7.87. The number of morpholine rings is 1. The van der Waals surface area contributed by atoms with E-state index in [0.717, 1.165) is 12.1 Å². The van der Waals surface area contributed by atoms with Crippen molar-refractivity contribution in [3.8, 4) is 0 Å². The second-order valence-corrected chi connectivity index (χ2v) is 8.14. The molecule has 0 radical (unpaired) electrons. The molecule has 1 aromatic rings. The van der Waals surface area contributed by atoms with Gasteiger partial charge in [-0.1, -0.05) is 0 Å². The number of ether oxygens (including phenoxy) is 1. The SMILES string of the molecule is C[C@@H]1CN(S(=O)(=O)NCCNc2ccc(C(F)(F)F)cc2[N+](=O)[O-])C[C@H](C)O1. The minimum absolute atomic E-state index is 0.0547. The van der Waals surface area contributed by atoms with Crippen LogP contribution in [0.2, 0.25) is 0 Å². The Morgan fingerprint density at radius 2 is 1.86 bits per heavy atom. The standard InChI is InChI=1S/C15H21F3N4O5S/c1-10-8-21(9-11(2)27-10)28(25,26)20-6-5-19-13-4-3-12(15(16,17)18)7-14(13)22(23)24/h3-4,7,10-11,19-20H,5-6,8-9H2,1-2H3/t10-,11+. The largest absolute Gasteiger partial charge is 0.416 e. The Morgan fingerprint density at radius 3 is 2.39 bits per heavy atom. The molecule has 0 aliphatic carbocycles. The van der Waals surface area contributed by atoms with Gasteiger partial charge in [0.2, 0.25) is 0 Å². The van der Waals surface area contributed by atoms with Crippen molar-refractivity contribution in [1.82, 2.24) is 9.03 Å². The van der Waals surface area contributed by atoms with Gasteiger partial charge in [-0.2, -0.15) is 25.9 Å². The molecule has 13 heteroatoms. The molecule has 2 rings (SSSR count). The number of nitro benzene ring substituents is 1. The Bertz CT molecular complexity index is 808. The average Bonchev–Trinajstić information content (AvgIpc) is 2.57. The Kier molecular flexibility index (Phi) is 6.85. The number of nitrogens with zero attached hydrogens (tertiary/aromatic N) is 2. The number of alkyl halides is 3. The lowest BCUT2D eigenvalue weighted by Gasteiger charge is -2.34. The second kappa shape index (κ2) is 8.59. The number of rotatable bonds is 7. The molecule has 1 saturated heterocycles. The molecule has 0 aromatic heterocycles. The molecular formula is C15H21F3N4O5S. The van der Waals surface area contributed by atoms with E-state index in [1.54, 1.807) is 13.8 Å². The summed E-state index contributed by atoms with van der Waals surface area (Å²) >= 11 is 0. The van der Waals surface area contributed by atoms with Crippen LogP contribution in [0.3, 0.4) is 0 Å². The molecule has 0 amide bonds. The lowest BCUT2D eigenvalue weighted by atomic mass is 10.1. The molecule has 0 bridgehead atoms. The monoisotopic (exact) mass is 426 g/mol. The van der Waals surface area contributed by atoms with Crippen LogP contribution in [0.4, 0.5) is 24.5 Å². The minimum atomic E-state index is -4.70. The quantitative estimate of drug-likeness (QED) is 0.392. The van der Waals surface area contributed by atoms with Gasteiger partial charge in [0.05, 0.1) is 22.7 Å². The van der Waals surface area contributed by atoms with Gasteiger partial charge in [0.15, 0.2) is 0 Å². The summed E-state index contributed by atoms with van der Waals surface area (Å²) in [5.74, 6) is 0. The van der Waals surface area contributed by atoms with Crippen LogP contribution in [0.15, 0.2) is 18.2 Å². The lowest BCUT2D eigenvalue weighted by molar-refractivity contribution is -0.384. The van der Waals surface area contributed by atoms with Gasteiger partial charge in [0.25, 0.3) is 15.9 Å². The van der Waals surface area contributed by atoms with Crippen molar-refractivity contribution in [1.29, 1.82) is 0 Å². The average molecular weight is 426 g/mol. The maximum Gasteiger partial charge on any atom is 0.416 e. The van der Waals surface area contributed by atoms with Gasteiger partial charge >= 0.3 is 6.18 Å². The summed E-state index contributed by atoms with van der Waals surface area (Å²) in [6.45, 7) is 3.73. The van der Waals surface area contributed by atoms with E-state index in [9.17, 15) is 31.7 Å². The Labute approximate surface area is 160 Å². The summed E-state index contributed by atoms with van der Waals surface area (Å²) in [6.07, 6.45) is -5.22. The third-order valence-electron chi connectivity index (χ3n) is 3.97. The molecule has 1 aliphatic rings. The van der Waals surface area contributed by atoms with Crippen LogP contribution >= 0.6 is 0 Å². The molecule has 0 saturated carbocycles. The van der Waals surface area contributed by atoms with Crippen LogP contribution in [-0.2, 0) is 21.1 Å². The zero-order valence-corrected chi connectivity index (χ0v) is 16.0. The summed E-state index contributed by atoms with van der Waals surface area (Å²) in [6, 6.07) is 2.10. The van der Waals surface area contributed by atoms with Crippen LogP contribution in [0.1, 0.15) is 19.4 Å². The number of anilines is 1. The molecule has 28 heavy (non-hydrogen) atoms. The molecule has 2 atom stereocenters. The molecule has 2 N–H and O–H groups in total. The number of halogens is 3. The van der Waals surface area contributed by atoms with Gasteiger partial charge in [-0.25, -0.2) is 4.72 Å². The molecule has 0 spiro atoms. The highest BCUT2D eigenvalue weighted by Gasteiger charge is 2.33. The van der Waals surface area contributed by atoms with E-state index in [0.29, 0.717) is 6.07 Å². The van der Waals surface area contributed by atoms with Gasteiger partial charge in [0, 0.05) is 32.2 Å². The van der Waals surface area contributed by atoms with E-state index in [-0.39, 0.29) is 44.1 Å². The number of nitro groups is 1. The van der Waals surface area contributed by atoms with Gasteiger partial charge in [-0.05, 0) is 26.0 Å². The van der Waals surface area contributed by atoms with Crippen LogP contribution in [0.25, 0.3) is 0 Å². The van der Waals surface area contributed by atoms with Crippen molar-refractivity contribution in [3.63, 3.8) is 0 Å². The van der Waals surface area contributed by atoms with Crippen molar-refractivity contribution >= 4 is 21.6 Å². The zero-order valence-electron chi connectivity index (χ0n) is 15.2. The van der Waals surface area contributed by atoms with E-state index >= 15 is 0 Å². The lowest BCUT2D eigenvalue weighted by Crippen LogP contribution is -2.52. The molecule has 158 valence electrons. The molecule has 1 heterocycles. The number of hydrogen-bond acceptors (Lipinski definition) is 6. The summed E-state index contributed by atoms with van der Waals surface area (Å²) in [5.41, 5.74) is -2.01. The zero-order chi connectivity index (χ0) is 21.1. The molecule has 1 aromatic carbocycles. The Balaban J connectivity index is 1.97. The number of hydrogen-bond donors (Lipinski definition) is 2.